The molecule has 0 radical (unpaired) electrons. The highest BCUT2D eigenvalue weighted by Crippen LogP contribution is 2.21. The Bertz CT molecular complexity index is 649. The lowest BCUT2D eigenvalue weighted by Crippen LogP contribution is -2.61. The third-order valence-corrected chi connectivity index (χ3v) is 3.05. The lowest BCUT2D eigenvalue weighted by Gasteiger charge is -2.19. The molecule has 0 aliphatic carbocycles. The van der Waals surface area contributed by atoms with Gasteiger partial charge in [0.1, 0.15) is 11.5 Å². The maximum Gasteiger partial charge on any atom is 0.204 e. The highest BCUT2D eigenvalue weighted by molar-refractivity contribution is 6.17. The topological polar surface area (TPSA) is 95.4 Å². The van der Waals surface area contributed by atoms with Crippen molar-refractivity contribution in [3.05, 3.63) is 60.2 Å². The molecule has 2 aromatic carbocycles. The normalized spacial score (nSPS) is 11.0. The summed E-state index contributed by atoms with van der Waals surface area (Å²) in [7, 11) is 0. The van der Waals surface area contributed by atoms with Crippen molar-refractivity contribution in [2.45, 2.75) is 12.6 Å². The van der Waals surface area contributed by atoms with Gasteiger partial charge in [0, 0.05) is 5.56 Å². The molecule has 0 aliphatic heterocycles. The van der Waals surface area contributed by atoms with Gasteiger partial charge in [-0.1, -0.05) is 18.2 Å². The Balaban J connectivity index is 2.16. The highest BCUT2D eigenvalue weighted by Gasteiger charge is 2.35. The van der Waals surface area contributed by atoms with Crippen LogP contribution >= 0.6 is 0 Å². The number of hydrogen-bond acceptors (Lipinski definition) is 5. The Kier molecular flexibility index (Phi) is 4.16. The molecule has 2 rings (SSSR count). The average Bonchev–Trinajstić information content (AvgIpc) is 2.48. The zero-order valence-corrected chi connectivity index (χ0v) is 11.6. The highest BCUT2D eigenvalue weighted by atomic mass is 16.5. The van der Waals surface area contributed by atoms with E-state index < -0.39 is 17.2 Å². The molecule has 0 saturated carbocycles. The summed E-state index contributed by atoms with van der Waals surface area (Å²) in [6.45, 7) is 1.19. The van der Waals surface area contributed by atoms with E-state index in [1.165, 1.54) is 19.1 Å². The van der Waals surface area contributed by atoms with Gasteiger partial charge in [-0.25, -0.2) is 0 Å². The van der Waals surface area contributed by atoms with Gasteiger partial charge in [0.15, 0.2) is 11.4 Å². The zero-order chi connectivity index (χ0) is 15.5. The maximum absolute atomic E-state index is 12.1. The minimum atomic E-state index is -2.00. The zero-order valence-electron chi connectivity index (χ0n) is 11.6. The van der Waals surface area contributed by atoms with Gasteiger partial charge in [-0.05, 0) is 43.3 Å². The molecule has 0 saturated heterocycles. The second kappa shape index (κ2) is 5.87. The molecule has 0 spiro atoms. The quantitative estimate of drug-likeness (QED) is 0.496. The number of Topliss-reactive ketones (excluding diaryl/α,β-unsaturated/α-hetero) is 2. The van der Waals surface area contributed by atoms with E-state index in [0.717, 1.165) is 0 Å². The standard InChI is InChI=1S/C16H16N2O3/c1-11(19)16(17,18)15(20)12-7-9-14(10-8-12)21-13-5-3-2-4-6-13/h2-10H,17-18H2,1H3. The fraction of sp³-hybridized carbons (Fsp3) is 0.125. The molecule has 0 aliphatic rings. The van der Waals surface area contributed by atoms with Crippen molar-refractivity contribution >= 4 is 11.6 Å². The number of carbonyl (C=O) groups excluding carboxylic acids is 2. The van der Waals surface area contributed by atoms with Gasteiger partial charge in [0.2, 0.25) is 5.78 Å². The van der Waals surface area contributed by atoms with E-state index in [1.807, 2.05) is 30.3 Å². The van der Waals surface area contributed by atoms with Crippen LogP contribution in [-0.2, 0) is 4.79 Å². The maximum atomic E-state index is 12.1. The number of rotatable bonds is 5. The van der Waals surface area contributed by atoms with Crippen molar-refractivity contribution in [2.75, 3.05) is 0 Å². The molecule has 4 N–H and O–H groups in total. The van der Waals surface area contributed by atoms with Crippen LogP contribution in [0.1, 0.15) is 17.3 Å². The molecule has 2 aromatic rings. The molecule has 0 unspecified atom stereocenters. The molecule has 21 heavy (non-hydrogen) atoms. The van der Waals surface area contributed by atoms with Crippen LogP contribution in [0.5, 0.6) is 11.5 Å². The smallest absolute Gasteiger partial charge is 0.204 e. The Morgan fingerprint density at radius 3 is 1.95 bits per heavy atom. The Hall–Kier alpha value is -2.50. The molecule has 0 aromatic heterocycles. The Morgan fingerprint density at radius 2 is 1.43 bits per heavy atom. The molecular weight excluding hydrogens is 268 g/mol. The van der Waals surface area contributed by atoms with Gasteiger partial charge >= 0.3 is 0 Å². The number of carbonyl (C=O) groups is 2. The van der Waals surface area contributed by atoms with E-state index in [4.69, 9.17) is 16.2 Å². The van der Waals surface area contributed by atoms with Gasteiger partial charge in [0.25, 0.3) is 0 Å². The van der Waals surface area contributed by atoms with E-state index in [9.17, 15) is 9.59 Å². The number of benzene rings is 2. The van der Waals surface area contributed by atoms with Crippen molar-refractivity contribution in [2.24, 2.45) is 11.5 Å². The first kappa shape index (κ1) is 14.9. The number of nitrogens with two attached hydrogens (primary N) is 2. The van der Waals surface area contributed by atoms with Crippen molar-refractivity contribution in [3.8, 4) is 11.5 Å². The fourth-order valence-corrected chi connectivity index (χ4v) is 1.70. The van der Waals surface area contributed by atoms with Gasteiger partial charge < -0.3 is 16.2 Å². The number of ether oxygens (including phenoxy) is 1. The first-order valence-corrected chi connectivity index (χ1v) is 6.38. The lowest BCUT2D eigenvalue weighted by molar-refractivity contribution is -0.120. The summed E-state index contributed by atoms with van der Waals surface area (Å²) in [5.74, 6) is 0.0471. The van der Waals surface area contributed by atoms with E-state index in [-0.39, 0.29) is 5.56 Å². The first-order valence-electron chi connectivity index (χ1n) is 6.38. The summed E-state index contributed by atoms with van der Waals surface area (Å²) < 4.78 is 5.61. The summed E-state index contributed by atoms with van der Waals surface area (Å²) in [5.41, 5.74) is 9.35. The molecule has 5 heteroatoms. The number of ketones is 2. The monoisotopic (exact) mass is 284 g/mol. The molecule has 0 atom stereocenters. The number of hydrogen-bond donors (Lipinski definition) is 2. The summed E-state index contributed by atoms with van der Waals surface area (Å²) in [6, 6.07) is 15.5. The lowest BCUT2D eigenvalue weighted by atomic mass is 9.96. The van der Waals surface area contributed by atoms with Crippen molar-refractivity contribution in [1.29, 1.82) is 0 Å². The van der Waals surface area contributed by atoms with Crippen molar-refractivity contribution < 1.29 is 14.3 Å². The predicted octanol–water partition coefficient (Wildman–Crippen LogP) is 1.86. The largest absolute Gasteiger partial charge is 0.457 e. The van der Waals surface area contributed by atoms with Crippen LogP contribution in [-0.4, -0.2) is 17.2 Å². The van der Waals surface area contributed by atoms with E-state index in [1.54, 1.807) is 12.1 Å². The third kappa shape index (κ3) is 3.34. The van der Waals surface area contributed by atoms with Gasteiger partial charge in [-0.2, -0.15) is 0 Å². The average molecular weight is 284 g/mol. The summed E-state index contributed by atoms with van der Waals surface area (Å²) in [4.78, 5) is 23.4. The summed E-state index contributed by atoms with van der Waals surface area (Å²) >= 11 is 0. The molecule has 108 valence electrons. The van der Waals surface area contributed by atoms with E-state index in [0.29, 0.717) is 11.5 Å². The first-order chi connectivity index (χ1) is 9.91. The van der Waals surface area contributed by atoms with Crippen molar-refractivity contribution in [1.82, 2.24) is 0 Å². The van der Waals surface area contributed by atoms with Gasteiger partial charge in [-0.3, -0.25) is 9.59 Å². The van der Waals surface area contributed by atoms with Crippen LogP contribution in [0, 0.1) is 0 Å². The molecule has 0 fully saturated rings. The SMILES string of the molecule is CC(=O)C(N)(N)C(=O)c1ccc(Oc2ccccc2)cc1. The minimum absolute atomic E-state index is 0.260. The second-order valence-electron chi connectivity index (χ2n) is 4.69. The summed E-state index contributed by atoms with van der Waals surface area (Å²) in [6.07, 6.45) is 0. The van der Waals surface area contributed by atoms with Gasteiger partial charge in [0.05, 0.1) is 0 Å². The molecule has 5 nitrogen and oxygen atoms in total. The summed E-state index contributed by atoms with van der Waals surface area (Å²) in [5, 5.41) is 0. The second-order valence-corrected chi connectivity index (χ2v) is 4.69. The molecular formula is C16H16N2O3. The van der Waals surface area contributed by atoms with Crippen molar-refractivity contribution in [3.63, 3.8) is 0 Å². The van der Waals surface area contributed by atoms with Crippen LogP contribution in [0.2, 0.25) is 0 Å². The molecule has 0 amide bonds. The molecule has 0 heterocycles. The fourth-order valence-electron chi connectivity index (χ4n) is 1.70. The van der Waals surface area contributed by atoms with Crippen LogP contribution in [0.25, 0.3) is 0 Å². The van der Waals surface area contributed by atoms with Crippen LogP contribution in [0.3, 0.4) is 0 Å². The predicted molar refractivity (Wildman–Crippen MR) is 79.1 cm³/mol. The van der Waals surface area contributed by atoms with E-state index >= 15 is 0 Å². The third-order valence-electron chi connectivity index (χ3n) is 3.05. The molecule has 0 bridgehead atoms. The Morgan fingerprint density at radius 1 is 0.905 bits per heavy atom. The van der Waals surface area contributed by atoms with Crippen LogP contribution in [0.15, 0.2) is 54.6 Å². The van der Waals surface area contributed by atoms with Crippen LogP contribution < -0.4 is 16.2 Å². The number of para-hydroxylation sites is 1. The van der Waals surface area contributed by atoms with E-state index in [2.05, 4.69) is 0 Å². The Labute approximate surface area is 122 Å². The van der Waals surface area contributed by atoms with Gasteiger partial charge in [-0.15, -0.1) is 0 Å². The minimum Gasteiger partial charge on any atom is -0.457 e. The van der Waals surface area contributed by atoms with Crippen LogP contribution in [0.4, 0.5) is 0 Å².